The smallest absolute Gasteiger partial charge is 0.226 e. The average molecular weight is 321 g/mol. The number of fused-ring (bicyclic) bond motifs is 1. The minimum atomic E-state index is 0.209. The van der Waals surface area contributed by atoms with Gasteiger partial charge in [0, 0.05) is 24.8 Å². The Bertz CT molecular complexity index is 555. The number of thioether (sulfide) groups is 1. The molecule has 1 unspecified atom stereocenters. The molecule has 0 aromatic heterocycles. The van der Waals surface area contributed by atoms with E-state index in [2.05, 4.69) is 0 Å². The molecule has 2 aliphatic heterocycles. The fraction of sp³-hybridized carbons (Fsp3) is 0.588. The van der Waals surface area contributed by atoms with E-state index < -0.39 is 0 Å². The van der Waals surface area contributed by atoms with Crippen LogP contribution < -0.4 is 9.47 Å². The first-order valence-corrected chi connectivity index (χ1v) is 8.98. The molecule has 0 aliphatic carbocycles. The molecule has 1 aromatic rings. The van der Waals surface area contributed by atoms with Gasteiger partial charge in [-0.25, -0.2) is 0 Å². The highest BCUT2D eigenvalue weighted by molar-refractivity contribution is 7.99. The minimum Gasteiger partial charge on any atom is -0.493 e. The van der Waals surface area contributed by atoms with Gasteiger partial charge in [-0.1, -0.05) is 0 Å². The lowest BCUT2D eigenvalue weighted by atomic mass is 9.96. The summed E-state index contributed by atoms with van der Waals surface area (Å²) in [5, 5.41) is 0. The maximum atomic E-state index is 12.7. The summed E-state index contributed by atoms with van der Waals surface area (Å²) in [6, 6.07) is 4.07. The number of ether oxygens (including phenoxy) is 2. The lowest BCUT2D eigenvalue weighted by Crippen LogP contribution is -2.41. The minimum absolute atomic E-state index is 0.209. The molecule has 0 bridgehead atoms. The highest BCUT2D eigenvalue weighted by atomic mass is 32.2. The van der Waals surface area contributed by atoms with Crippen LogP contribution in [0, 0.1) is 5.92 Å². The van der Waals surface area contributed by atoms with Crippen molar-refractivity contribution in [3.63, 3.8) is 0 Å². The normalized spacial score (nSPS) is 21.2. The lowest BCUT2D eigenvalue weighted by Gasteiger charge is -2.33. The molecule has 2 aliphatic rings. The van der Waals surface area contributed by atoms with Gasteiger partial charge in [-0.15, -0.1) is 0 Å². The summed E-state index contributed by atoms with van der Waals surface area (Å²) in [5.41, 5.74) is 2.44. The quantitative estimate of drug-likeness (QED) is 0.858. The van der Waals surface area contributed by atoms with Crippen LogP contribution in [-0.2, 0) is 17.8 Å². The summed E-state index contributed by atoms with van der Waals surface area (Å²) in [7, 11) is 3.30. The van der Waals surface area contributed by atoms with Crippen LogP contribution in [0.5, 0.6) is 11.5 Å². The highest BCUT2D eigenvalue weighted by Crippen LogP contribution is 2.34. The van der Waals surface area contributed by atoms with E-state index in [1.54, 1.807) is 14.2 Å². The second-order valence-electron chi connectivity index (χ2n) is 5.90. The van der Waals surface area contributed by atoms with E-state index >= 15 is 0 Å². The Hall–Kier alpha value is -1.36. The Morgan fingerprint density at radius 1 is 1.23 bits per heavy atom. The molecule has 0 saturated carbocycles. The number of rotatable bonds is 3. The maximum Gasteiger partial charge on any atom is 0.226 e. The van der Waals surface area contributed by atoms with Crippen molar-refractivity contribution in [1.82, 2.24) is 4.90 Å². The Labute approximate surface area is 136 Å². The fourth-order valence-electron chi connectivity index (χ4n) is 3.26. The Morgan fingerprint density at radius 2 is 1.95 bits per heavy atom. The van der Waals surface area contributed by atoms with Crippen molar-refractivity contribution in [2.75, 3.05) is 32.3 Å². The molecule has 4 nitrogen and oxygen atoms in total. The zero-order chi connectivity index (χ0) is 15.5. The van der Waals surface area contributed by atoms with Crippen LogP contribution in [0.3, 0.4) is 0 Å². The second kappa shape index (κ2) is 6.82. The summed E-state index contributed by atoms with van der Waals surface area (Å²) < 4.78 is 10.7. The summed E-state index contributed by atoms with van der Waals surface area (Å²) in [6.45, 7) is 1.50. The van der Waals surface area contributed by atoms with Crippen molar-refractivity contribution in [2.24, 2.45) is 5.92 Å². The van der Waals surface area contributed by atoms with Gasteiger partial charge in [-0.05, 0) is 48.3 Å². The van der Waals surface area contributed by atoms with Gasteiger partial charge in [0.1, 0.15) is 0 Å². The zero-order valence-corrected chi connectivity index (χ0v) is 14.1. The first kappa shape index (κ1) is 15.5. The number of nitrogens with zero attached hydrogens (tertiary/aromatic N) is 1. The zero-order valence-electron chi connectivity index (χ0n) is 13.3. The van der Waals surface area contributed by atoms with Gasteiger partial charge in [0.2, 0.25) is 5.91 Å². The number of hydrogen-bond acceptors (Lipinski definition) is 4. The SMILES string of the molecule is COc1cc2c(cc1OC)CN(C(=O)C1CCCSC1)CC2. The molecular weight excluding hydrogens is 298 g/mol. The molecule has 0 radical (unpaired) electrons. The van der Waals surface area contributed by atoms with Crippen LogP contribution in [0.4, 0.5) is 0 Å². The molecule has 0 spiro atoms. The molecular formula is C17H23NO3S. The van der Waals surface area contributed by atoms with Gasteiger partial charge >= 0.3 is 0 Å². The molecule has 1 amide bonds. The molecule has 5 heteroatoms. The van der Waals surface area contributed by atoms with Crippen molar-refractivity contribution >= 4 is 17.7 Å². The maximum absolute atomic E-state index is 12.7. The first-order valence-electron chi connectivity index (χ1n) is 7.83. The van der Waals surface area contributed by atoms with Crippen molar-refractivity contribution in [3.8, 4) is 11.5 Å². The molecule has 2 heterocycles. The van der Waals surface area contributed by atoms with E-state index in [1.807, 2.05) is 28.8 Å². The van der Waals surface area contributed by atoms with Crippen LogP contribution in [0.15, 0.2) is 12.1 Å². The Kier molecular flexibility index (Phi) is 4.81. The van der Waals surface area contributed by atoms with Crippen LogP contribution in [-0.4, -0.2) is 43.1 Å². The number of benzene rings is 1. The summed E-state index contributed by atoms with van der Waals surface area (Å²) in [5.74, 6) is 4.22. The van der Waals surface area contributed by atoms with Gasteiger partial charge in [-0.2, -0.15) is 11.8 Å². The average Bonchev–Trinajstić information content (AvgIpc) is 2.60. The number of hydrogen-bond donors (Lipinski definition) is 0. The second-order valence-corrected chi connectivity index (χ2v) is 7.05. The van der Waals surface area contributed by atoms with Crippen molar-refractivity contribution in [1.29, 1.82) is 0 Å². The van der Waals surface area contributed by atoms with E-state index in [9.17, 15) is 4.79 Å². The number of carbonyl (C=O) groups is 1. The molecule has 1 fully saturated rings. The van der Waals surface area contributed by atoms with Crippen LogP contribution in [0.2, 0.25) is 0 Å². The van der Waals surface area contributed by atoms with Gasteiger partial charge in [0.15, 0.2) is 11.5 Å². The van der Waals surface area contributed by atoms with Crippen molar-refractivity contribution in [2.45, 2.75) is 25.8 Å². The molecule has 1 aromatic carbocycles. The van der Waals surface area contributed by atoms with E-state index in [-0.39, 0.29) is 5.92 Å². The van der Waals surface area contributed by atoms with Gasteiger partial charge in [0.25, 0.3) is 0 Å². The summed E-state index contributed by atoms with van der Waals surface area (Å²) in [6.07, 6.45) is 3.10. The lowest BCUT2D eigenvalue weighted by molar-refractivity contribution is -0.136. The third-order valence-corrected chi connectivity index (χ3v) is 5.75. The molecule has 1 atom stereocenters. The van der Waals surface area contributed by atoms with Crippen LogP contribution >= 0.6 is 11.8 Å². The van der Waals surface area contributed by atoms with Crippen LogP contribution in [0.25, 0.3) is 0 Å². The fourth-order valence-corrected chi connectivity index (χ4v) is 4.40. The predicted molar refractivity (Wildman–Crippen MR) is 88.7 cm³/mol. The number of carbonyl (C=O) groups excluding carboxylic acids is 1. The first-order chi connectivity index (χ1) is 10.7. The molecule has 120 valence electrons. The molecule has 22 heavy (non-hydrogen) atoms. The van der Waals surface area contributed by atoms with Crippen molar-refractivity contribution < 1.29 is 14.3 Å². The van der Waals surface area contributed by atoms with E-state index in [1.165, 1.54) is 16.9 Å². The van der Waals surface area contributed by atoms with Gasteiger partial charge in [-0.3, -0.25) is 4.79 Å². The topological polar surface area (TPSA) is 38.8 Å². The van der Waals surface area contributed by atoms with E-state index in [4.69, 9.17) is 9.47 Å². The monoisotopic (exact) mass is 321 g/mol. The summed E-state index contributed by atoms with van der Waals surface area (Å²) in [4.78, 5) is 14.7. The Balaban J connectivity index is 1.76. The number of amides is 1. The number of methoxy groups -OCH3 is 2. The third kappa shape index (κ3) is 3.05. The summed E-state index contributed by atoms with van der Waals surface area (Å²) >= 11 is 1.91. The predicted octanol–water partition coefficient (Wildman–Crippen LogP) is 2.73. The van der Waals surface area contributed by atoms with E-state index in [0.29, 0.717) is 12.5 Å². The molecule has 1 saturated heterocycles. The van der Waals surface area contributed by atoms with E-state index in [0.717, 1.165) is 43.1 Å². The highest BCUT2D eigenvalue weighted by Gasteiger charge is 2.29. The molecule has 3 rings (SSSR count). The van der Waals surface area contributed by atoms with Crippen molar-refractivity contribution in [3.05, 3.63) is 23.3 Å². The third-order valence-electron chi connectivity index (χ3n) is 4.54. The van der Waals surface area contributed by atoms with Gasteiger partial charge < -0.3 is 14.4 Å². The standard InChI is InChI=1S/C17H23NO3S/c1-20-15-8-12-5-6-18(10-14(12)9-16(15)21-2)17(19)13-4-3-7-22-11-13/h8-9,13H,3-7,10-11H2,1-2H3. The van der Waals surface area contributed by atoms with Gasteiger partial charge in [0.05, 0.1) is 14.2 Å². The Morgan fingerprint density at radius 3 is 2.59 bits per heavy atom. The van der Waals surface area contributed by atoms with Crippen LogP contribution in [0.1, 0.15) is 24.0 Å². The molecule has 0 N–H and O–H groups in total. The largest absolute Gasteiger partial charge is 0.493 e.